The van der Waals surface area contributed by atoms with Crippen LogP contribution in [0.15, 0.2) is 43.0 Å². The van der Waals surface area contributed by atoms with Gasteiger partial charge in [0.2, 0.25) is 0 Å². The molecule has 0 saturated carbocycles. The zero-order chi connectivity index (χ0) is 22.9. The first-order valence-electron chi connectivity index (χ1n) is 10.4. The van der Waals surface area contributed by atoms with Crippen LogP contribution in [0.3, 0.4) is 0 Å². The van der Waals surface area contributed by atoms with Crippen LogP contribution in [-0.4, -0.2) is 43.9 Å². The number of rotatable bonds is 4. The molecule has 4 aromatic rings. The molecule has 0 N–H and O–H groups in total. The van der Waals surface area contributed by atoms with Crippen LogP contribution in [0.2, 0.25) is 0 Å². The molecule has 0 radical (unpaired) electrons. The van der Waals surface area contributed by atoms with Crippen LogP contribution in [0.4, 0.5) is 14.6 Å². The van der Waals surface area contributed by atoms with E-state index in [2.05, 4.69) is 21.1 Å². The molecule has 166 valence electrons. The van der Waals surface area contributed by atoms with Crippen molar-refractivity contribution in [2.24, 2.45) is 7.05 Å². The van der Waals surface area contributed by atoms with E-state index in [9.17, 15) is 14.0 Å². The predicted octanol–water partition coefficient (Wildman–Crippen LogP) is 3.62. The molecule has 0 spiro atoms. The Hall–Kier alpha value is -4.13. The van der Waals surface area contributed by atoms with Crippen molar-refractivity contribution in [2.75, 3.05) is 18.0 Å². The van der Waals surface area contributed by atoms with Crippen molar-refractivity contribution >= 4 is 16.9 Å². The highest BCUT2D eigenvalue weighted by molar-refractivity contribution is 5.86. The van der Waals surface area contributed by atoms with Crippen LogP contribution in [0.1, 0.15) is 18.4 Å². The van der Waals surface area contributed by atoms with Crippen LogP contribution in [0.5, 0.6) is 5.75 Å². The normalized spacial score (nSPS) is 14.4. The highest BCUT2D eigenvalue weighted by Crippen LogP contribution is 2.32. The molecule has 0 aliphatic carbocycles. The Morgan fingerprint density at radius 1 is 1.12 bits per heavy atom. The van der Waals surface area contributed by atoms with Crippen LogP contribution in [0.25, 0.3) is 22.3 Å². The van der Waals surface area contributed by atoms with Gasteiger partial charge in [0.1, 0.15) is 34.7 Å². The van der Waals surface area contributed by atoms with E-state index < -0.39 is 11.6 Å². The van der Waals surface area contributed by atoms with E-state index in [-0.39, 0.29) is 11.9 Å². The van der Waals surface area contributed by atoms with Crippen molar-refractivity contribution in [3.63, 3.8) is 0 Å². The molecule has 8 nitrogen and oxygen atoms in total. The van der Waals surface area contributed by atoms with E-state index >= 15 is 0 Å². The van der Waals surface area contributed by atoms with Gasteiger partial charge in [-0.1, -0.05) is 0 Å². The van der Waals surface area contributed by atoms with E-state index in [0.29, 0.717) is 54.0 Å². The van der Waals surface area contributed by atoms with E-state index in [0.717, 1.165) is 11.6 Å². The number of anilines is 1. The molecule has 1 aromatic carbocycles. The maximum atomic E-state index is 14.0. The summed E-state index contributed by atoms with van der Waals surface area (Å²) in [7, 11) is 1.82. The third-order valence-corrected chi connectivity index (χ3v) is 5.59. The smallest absolute Gasteiger partial charge is 0.167 e. The number of pyridine rings is 1. The van der Waals surface area contributed by atoms with Gasteiger partial charge in [-0.25, -0.2) is 18.7 Å². The molecule has 0 unspecified atom stereocenters. The molecule has 4 heterocycles. The van der Waals surface area contributed by atoms with Gasteiger partial charge in [0, 0.05) is 57.0 Å². The standard InChI is InChI=1S/C23H19F2N7O/c1-31-13-15(11-28-31)22-23(30-21-14(9-26)10-27-12-19(21)29-22)32-6-4-17(5-7-32)33-20-3-2-16(24)8-18(20)25/h2-3,8,10-13,17H,4-7H2,1H3. The van der Waals surface area contributed by atoms with Crippen molar-refractivity contribution in [3.8, 4) is 23.1 Å². The monoisotopic (exact) mass is 447 g/mol. The quantitative estimate of drug-likeness (QED) is 0.472. The summed E-state index contributed by atoms with van der Waals surface area (Å²) in [4.78, 5) is 15.7. The van der Waals surface area contributed by atoms with Gasteiger partial charge in [-0.05, 0) is 12.1 Å². The number of hydrogen-bond donors (Lipinski definition) is 0. The van der Waals surface area contributed by atoms with Gasteiger partial charge in [0.05, 0.1) is 18.0 Å². The van der Waals surface area contributed by atoms with Crippen molar-refractivity contribution in [3.05, 3.63) is 60.2 Å². The second kappa shape index (κ2) is 8.43. The second-order valence-corrected chi connectivity index (χ2v) is 7.84. The minimum Gasteiger partial charge on any atom is -0.487 e. The van der Waals surface area contributed by atoms with Gasteiger partial charge in [-0.3, -0.25) is 9.67 Å². The number of ether oxygens (including phenoxy) is 1. The number of hydrogen-bond acceptors (Lipinski definition) is 7. The molecule has 5 rings (SSSR count). The highest BCUT2D eigenvalue weighted by Gasteiger charge is 2.26. The third-order valence-electron chi connectivity index (χ3n) is 5.59. The number of benzene rings is 1. The average molecular weight is 447 g/mol. The molecular weight excluding hydrogens is 428 g/mol. The van der Waals surface area contributed by atoms with Crippen LogP contribution in [0, 0.1) is 23.0 Å². The summed E-state index contributed by atoms with van der Waals surface area (Å²) in [6, 6.07) is 5.43. The van der Waals surface area contributed by atoms with E-state index in [1.54, 1.807) is 17.1 Å². The Bertz CT molecular complexity index is 1370. The lowest BCUT2D eigenvalue weighted by atomic mass is 10.1. The SMILES string of the molecule is Cn1cc(-c2nc3cncc(C#N)c3nc2N2CCC(Oc3ccc(F)cc3F)CC2)cn1. The maximum absolute atomic E-state index is 14.0. The topological polar surface area (TPSA) is 92.8 Å². The molecule has 3 aromatic heterocycles. The van der Waals surface area contributed by atoms with Gasteiger partial charge in [-0.2, -0.15) is 10.4 Å². The molecule has 1 aliphatic heterocycles. The number of halogens is 2. The molecule has 10 heteroatoms. The summed E-state index contributed by atoms with van der Waals surface area (Å²) in [5.41, 5.74) is 2.82. The first-order valence-corrected chi connectivity index (χ1v) is 10.4. The fourth-order valence-electron chi connectivity index (χ4n) is 3.95. The molecule has 33 heavy (non-hydrogen) atoms. The Kier molecular flexibility index (Phi) is 5.30. The molecular formula is C23H19F2N7O. The zero-order valence-electron chi connectivity index (χ0n) is 17.7. The largest absolute Gasteiger partial charge is 0.487 e. The van der Waals surface area contributed by atoms with Gasteiger partial charge < -0.3 is 9.64 Å². The number of aryl methyl sites for hydroxylation is 1. The summed E-state index contributed by atoms with van der Waals surface area (Å²) in [5, 5.41) is 13.7. The Balaban J connectivity index is 1.45. The predicted molar refractivity (Wildman–Crippen MR) is 116 cm³/mol. The molecule has 1 saturated heterocycles. The third kappa shape index (κ3) is 4.05. The molecule has 0 bridgehead atoms. The maximum Gasteiger partial charge on any atom is 0.167 e. The van der Waals surface area contributed by atoms with Crippen molar-refractivity contribution in [1.82, 2.24) is 24.7 Å². The van der Waals surface area contributed by atoms with Gasteiger partial charge in [0.25, 0.3) is 0 Å². The fraction of sp³-hybridized carbons (Fsp3) is 0.261. The summed E-state index contributed by atoms with van der Waals surface area (Å²) < 4.78 is 34.6. The van der Waals surface area contributed by atoms with Crippen molar-refractivity contribution < 1.29 is 13.5 Å². The summed E-state index contributed by atoms with van der Waals surface area (Å²) >= 11 is 0. The lowest BCUT2D eigenvalue weighted by Crippen LogP contribution is -2.39. The number of fused-ring (bicyclic) bond motifs is 1. The minimum absolute atomic E-state index is 0.0440. The summed E-state index contributed by atoms with van der Waals surface area (Å²) in [6.07, 6.45) is 7.65. The number of piperidine rings is 1. The molecule has 0 amide bonds. The first kappa shape index (κ1) is 20.8. The number of nitrogens with zero attached hydrogens (tertiary/aromatic N) is 7. The first-order chi connectivity index (χ1) is 16.0. The molecule has 1 fully saturated rings. The summed E-state index contributed by atoms with van der Waals surface area (Å²) in [6.45, 7) is 1.18. The molecule has 0 atom stereocenters. The van der Waals surface area contributed by atoms with E-state index in [1.807, 2.05) is 13.2 Å². The number of nitriles is 1. The Morgan fingerprint density at radius 3 is 2.64 bits per heavy atom. The number of aromatic nitrogens is 5. The lowest BCUT2D eigenvalue weighted by molar-refractivity contribution is 0.163. The average Bonchev–Trinajstić information content (AvgIpc) is 3.26. The second-order valence-electron chi connectivity index (χ2n) is 7.84. The highest BCUT2D eigenvalue weighted by atomic mass is 19.1. The van der Waals surface area contributed by atoms with E-state index in [4.69, 9.17) is 14.7 Å². The minimum atomic E-state index is -0.714. The van der Waals surface area contributed by atoms with Crippen LogP contribution < -0.4 is 9.64 Å². The Labute approximate surface area is 188 Å². The van der Waals surface area contributed by atoms with Gasteiger partial charge >= 0.3 is 0 Å². The van der Waals surface area contributed by atoms with Gasteiger partial charge in [-0.15, -0.1) is 0 Å². The van der Waals surface area contributed by atoms with Crippen molar-refractivity contribution in [1.29, 1.82) is 5.26 Å². The van der Waals surface area contributed by atoms with Crippen molar-refractivity contribution in [2.45, 2.75) is 18.9 Å². The van der Waals surface area contributed by atoms with Crippen LogP contribution >= 0.6 is 0 Å². The van der Waals surface area contributed by atoms with Crippen LogP contribution in [-0.2, 0) is 7.05 Å². The Morgan fingerprint density at radius 2 is 1.94 bits per heavy atom. The lowest BCUT2D eigenvalue weighted by Gasteiger charge is -2.33. The zero-order valence-corrected chi connectivity index (χ0v) is 17.7. The van der Waals surface area contributed by atoms with Gasteiger partial charge in [0.15, 0.2) is 17.4 Å². The summed E-state index contributed by atoms with van der Waals surface area (Å²) in [5.74, 6) is -0.666. The fourth-order valence-corrected chi connectivity index (χ4v) is 3.95. The molecule has 1 aliphatic rings. The van der Waals surface area contributed by atoms with E-state index in [1.165, 1.54) is 18.3 Å².